The lowest BCUT2D eigenvalue weighted by Crippen LogP contribution is -2.25. The molecule has 0 aliphatic carbocycles. The van der Waals surface area contributed by atoms with E-state index in [0.717, 1.165) is 12.5 Å². The summed E-state index contributed by atoms with van der Waals surface area (Å²) in [6.45, 7) is 3.05. The van der Waals surface area contributed by atoms with Gasteiger partial charge < -0.3 is 4.74 Å². The van der Waals surface area contributed by atoms with Crippen LogP contribution >= 0.6 is 0 Å². The van der Waals surface area contributed by atoms with Gasteiger partial charge in [0, 0.05) is 0 Å². The van der Waals surface area contributed by atoms with Crippen molar-refractivity contribution in [3.05, 3.63) is 0 Å². The maximum absolute atomic E-state index is 10.8. The summed E-state index contributed by atoms with van der Waals surface area (Å²) >= 11 is 0. The van der Waals surface area contributed by atoms with Crippen LogP contribution in [-0.2, 0) is 33.3 Å². The molecule has 0 aliphatic rings. The first-order chi connectivity index (χ1) is 7.49. The van der Waals surface area contributed by atoms with Gasteiger partial charge in [0.05, 0.1) is 37.9 Å². The quantitative estimate of drug-likeness (QED) is 0.568. The van der Waals surface area contributed by atoms with Gasteiger partial charge >= 0.3 is 0 Å². The smallest absolute Gasteiger partial charge is 0.264 e. The van der Waals surface area contributed by atoms with Gasteiger partial charge in [0.1, 0.15) is 0 Å². The normalized spacial score (nSPS) is 16.7. The molecule has 0 radical (unpaired) electrons. The lowest BCUT2D eigenvalue weighted by Gasteiger charge is -2.16. The fourth-order valence-corrected chi connectivity index (χ4v) is 1.98. The maximum Gasteiger partial charge on any atom is 0.264 e. The zero-order chi connectivity index (χ0) is 13.7. The molecular weight excluding hydrogens is 272 g/mol. The van der Waals surface area contributed by atoms with E-state index in [1.54, 1.807) is 6.92 Å². The fraction of sp³-hybridized carbons (Fsp3) is 1.00. The average molecular weight is 290 g/mol. The van der Waals surface area contributed by atoms with Gasteiger partial charge in [0.2, 0.25) is 0 Å². The van der Waals surface area contributed by atoms with Crippen molar-refractivity contribution in [1.29, 1.82) is 0 Å². The second-order valence-corrected chi connectivity index (χ2v) is 6.99. The van der Waals surface area contributed by atoms with Crippen molar-refractivity contribution in [1.82, 2.24) is 0 Å². The van der Waals surface area contributed by atoms with Crippen LogP contribution in [-0.4, -0.2) is 54.8 Å². The summed E-state index contributed by atoms with van der Waals surface area (Å²) in [6, 6.07) is 0. The van der Waals surface area contributed by atoms with E-state index in [2.05, 4.69) is 8.37 Å². The molecule has 0 fully saturated rings. The molecule has 0 spiro atoms. The predicted octanol–water partition coefficient (Wildman–Crippen LogP) is -0.268. The fourth-order valence-electron chi connectivity index (χ4n) is 0.893. The molecule has 0 rings (SSSR count). The van der Waals surface area contributed by atoms with Gasteiger partial charge in [-0.1, -0.05) is 0 Å². The SMILES string of the molecule is CC(COS(C)(=O)=O)OCC(C)OS(C)(=O)=O. The average Bonchev–Trinajstić information content (AvgIpc) is 2.07. The van der Waals surface area contributed by atoms with Gasteiger partial charge in [0.25, 0.3) is 20.2 Å². The summed E-state index contributed by atoms with van der Waals surface area (Å²) in [5, 5.41) is 0. The molecule has 7 nitrogen and oxygen atoms in total. The minimum absolute atomic E-state index is 0.0291. The van der Waals surface area contributed by atoms with Crippen LogP contribution < -0.4 is 0 Å². The minimum Gasteiger partial charge on any atom is -0.373 e. The monoisotopic (exact) mass is 290 g/mol. The highest BCUT2D eigenvalue weighted by atomic mass is 32.2. The van der Waals surface area contributed by atoms with E-state index in [9.17, 15) is 16.8 Å². The van der Waals surface area contributed by atoms with Crippen molar-refractivity contribution in [3.8, 4) is 0 Å². The largest absolute Gasteiger partial charge is 0.373 e. The van der Waals surface area contributed by atoms with Gasteiger partial charge in [-0.2, -0.15) is 16.8 Å². The highest BCUT2D eigenvalue weighted by molar-refractivity contribution is 7.86. The first kappa shape index (κ1) is 16.8. The van der Waals surface area contributed by atoms with Crippen molar-refractivity contribution in [3.63, 3.8) is 0 Å². The number of hydrogen-bond acceptors (Lipinski definition) is 7. The Morgan fingerprint density at radius 1 is 0.882 bits per heavy atom. The summed E-state index contributed by atoms with van der Waals surface area (Å²) in [5.41, 5.74) is 0. The molecular formula is C8H18O7S2. The summed E-state index contributed by atoms with van der Waals surface area (Å²) in [7, 11) is -7.01. The molecule has 0 aromatic heterocycles. The van der Waals surface area contributed by atoms with Crippen LogP contribution in [0.4, 0.5) is 0 Å². The summed E-state index contributed by atoms with van der Waals surface area (Å²) in [4.78, 5) is 0. The Hall–Kier alpha value is -0.220. The van der Waals surface area contributed by atoms with E-state index in [4.69, 9.17) is 4.74 Å². The molecule has 2 atom stereocenters. The second kappa shape index (κ2) is 6.64. The molecule has 0 saturated heterocycles. The van der Waals surface area contributed by atoms with Crippen LogP contribution in [0, 0.1) is 0 Å². The van der Waals surface area contributed by atoms with E-state index in [0.29, 0.717) is 0 Å². The third kappa shape index (κ3) is 12.0. The van der Waals surface area contributed by atoms with Crippen LogP contribution in [0.25, 0.3) is 0 Å². The molecule has 0 saturated carbocycles. The summed E-state index contributed by atoms with van der Waals surface area (Å²) in [5.74, 6) is 0. The van der Waals surface area contributed by atoms with E-state index < -0.39 is 32.4 Å². The topological polar surface area (TPSA) is 96.0 Å². The lowest BCUT2D eigenvalue weighted by atomic mass is 10.4. The van der Waals surface area contributed by atoms with Crippen molar-refractivity contribution in [2.45, 2.75) is 26.1 Å². The molecule has 0 bridgehead atoms. The molecule has 0 heterocycles. The lowest BCUT2D eigenvalue weighted by molar-refractivity contribution is -0.00303. The van der Waals surface area contributed by atoms with E-state index in [1.165, 1.54) is 6.92 Å². The van der Waals surface area contributed by atoms with E-state index >= 15 is 0 Å². The molecule has 0 N–H and O–H groups in total. The van der Waals surface area contributed by atoms with Gasteiger partial charge in [0.15, 0.2) is 0 Å². The Labute approximate surface area is 102 Å². The summed E-state index contributed by atoms with van der Waals surface area (Å²) < 4.78 is 57.2. The standard InChI is InChI=1S/C8H18O7S2/c1-7(6-14-16(3,9)10)13-5-8(2)15-17(4,11)12/h7-8H,5-6H2,1-4H3. The third-order valence-electron chi connectivity index (χ3n) is 1.47. The Bertz CT molecular complexity index is 411. The van der Waals surface area contributed by atoms with E-state index in [-0.39, 0.29) is 13.2 Å². The zero-order valence-electron chi connectivity index (χ0n) is 10.2. The maximum atomic E-state index is 10.8. The van der Waals surface area contributed by atoms with Gasteiger partial charge in [-0.15, -0.1) is 0 Å². The van der Waals surface area contributed by atoms with Gasteiger partial charge in [-0.25, -0.2) is 0 Å². The van der Waals surface area contributed by atoms with Crippen LogP contribution in [0.2, 0.25) is 0 Å². The van der Waals surface area contributed by atoms with E-state index in [1.807, 2.05) is 0 Å². The molecule has 0 aromatic rings. The van der Waals surface area contributed by atoms with Crippen molar-refractivity contribution in [2.24, 2.45) is 0 Å². The van der Waals surface area contributed by atoms with Crippen LogP contribution in [0.3, 0.4) is 0 Å². The highest BCUT2D eigenvalue weighted by Crippen LogP contribution is 2.01. The first-order valence-corrected chi connectivity index (χ1v) is 8.47. The van der Waals surface area contributed by atoms with Gasteiger partial charge in [-0.3, -0.25) is 8.37 Å². The number of ether oxygens (including phenoxy) is 1. The predicted molar refractivity (Wildman–Crippen MR) is 61.6 cm³/mol. The third-order valence-corrected chi connectivity index (χ3v) is 2.71. The molecule has 2 unspecified atom stereocenters. The zero-order valence-corrected chi connectivity index (χ0v) is 11.9. The number of rotatable bonds is 8. The highest BCUT2D eigenvalue weighted by Gasteiger charge is 2.13. The molecule has 0 aromatic carbocycles. The van der Waals surface area contributed by atoms with Crippen LogP contribution in [0.1, 0.15) is 13.8 Å². The Balaban J connectivity index is 3.88. The Morgan fingerprint density at radius 3 is 1.82 bits per heavy atom. The van der Waals surface area contributed by atoms with Crippen molar-refractivity contribution < 1.29 is 29.9 Å². The Morgan fingerprint density at radius 2 is 1.41 bits per heavy atom. The van der Waals surface area contributed by atoms with Crippen molar-refractivity contribution in [2.75, 3.05) is 25.7 Å². The number of hydrogen-bond donors (Lipinski definition) is 0. The molecule has 17 heavy (non-hydrogen) atoms. The molecule has 9 heteroatoms. The van der Waals surface area contributed by atoms with Gasteiger partial charge in [-0.05, 0) is 13.8 Å². The summed E-state index contributed by atoms with van der Waals surface area (Å²) in [6.07, 6.45) is 0.774. The van der Waals surface area contributed by atoms with Crippen molar-refractivity contribution >= 4 is 20.2 Å². The first-order valence-electron chi connectivity index (χ1n) is 4.84. The molecule has 0 amide bonds. The molecule has 104 valence electrons. The van der Waals surface area contributed by atoms with Crippen LogP contribution in [0.15, 0.2) is 0 Å². The Kier molecular flexibility index (Phi) is 6.56. The second-order valence-electron chi connectivity index (χ2n) is 3.74. The minimum atomic E-state index is -3.51. The molecule has 0 aliphatic heterocycles. The van der Waals surface area contributed by atoms with Crippen LogP contribution in [0.5, 0.6) is 0 Å².